The molecule has 2 aliphatic heterocycles. The number of hydrogen-bond acceptors (Lipinski definition) is 6. The molecule has 1 aromatic carbocycles. The monoisotopic (exact) mass is 394 g/mol. The number of nitrogens with zero attached hydrogens (tertiary/aromatic N) is 3. The van der Waals surface area contributed by atoms with Crippen molar-refractivity contribution in [1.82, 2.24) is 9.80 Å². The lowest BCUT2D eigenvalue weighted by atomic mass is 10.0. The lowest BCUT2D eigenvalue weighted by molar-refractivity contribution is -0.116. The molecule has 0 fully saturated rings. The summed E-state index contributed by atoms with van der Waals surface area (Å²) in [5, 5.41) is 12.8. The molecule has 0 radical (unpaired) electrons. The lowest BCUT2D eigenvalue weighted by Gasteiger charge is -2.24. The van der Waals surface area contributed by atoms with E-state index in [9.17, 15) is 19.6 Å². The molecule has 0 spiro atoms. The number of rotatable bonds is 4. The first-order valence-corrected chi connectivity index (χ1v) is 9.87. The third-order valence-corrected chi connectivity index (χ3v) is 6.26. The van der Waals surface area contributed by atoms with Gasteiger partial charge in [0, 0.05) is 18.0 Å². The zero-order valence-corrected chi connectivity index (χ0v) is 16.1. The number of likely N-dealkylation sites (N-methyl/N-ethyl adjacent to an activating group) is 1. The van der Waals surface area contributed by atoms with E-state index in [0.29, 0.717) is 21.7 Å². The van der Waals surface area contributed by atoms with Crippen LogP contribution in [0.15, 0.2) is 24.3 Å². The van der Waals surface area contributed by atoms with Gasteiger partial charge >= 0.3 is 0 Å². The predicted molar refractivity (Wildman–Crippen MR) is 104 cm³/mol. The minimum Gasteiger partial charge on any atom is -0.315 e. The van der Waals surface area contributed by atoms with Crippen molar-refractivity contribution >= 4 is 34.1 Å². The summed E-state index contributed by atoms with van der Waals surface area (Å²) in [4.78, 5) is 41.7. The van der Waals surface area contributed by atoms with E-state index in [4.69, 9.17) is 0 Å². The standard InChI is InChI=1S/C20H18N4O3S/c1-2-23-8-7-12-15(9-21)18(28-16(12)10-23)22-17(25)11-24-19(26)13-5-3-4-6-14(13)20(24)27/h3-6H,2,7-8,10-11H2,1H3,(H,22,25). The molecule has 0 bridgehead atoms. The molecule has 7 nitrogen and oxygen atoms in total. The normalized spacial score (nSPS) is 15.9. The number of nitriles is 1. The molecular formula is C20H18N4O3S. The Morgan fingerprint density at radius 1 is 1.25 bits per heavy atom. The molecule has 142 valence electrons. The fourth-order valence-corrected chi connectivity index (χ4v) is 4.88. The Kier molecular flexibility index (Phi) is 4.71. The van der Waals surface area contributed by atoms with E-state index < -0.39 is 17.7 Å². The molecule has 4 rings (SSSR count). The number of carbonyl (C=O) groups excluding carboxylic acids is 3. The number of thiophene rings is 1. The number of imide groups is 1. The summed E-state index contributed by atoms with van der Waals surface area (Å²) >= 11 is 1.40. The van der Waals surface area contributed by atoms with E-state index in [-0.39, 0.29) is 6.54 Å². The SMILES string of the molecule is CCN1CCc2c(sc(NC(=O)CN3C(=O)c4ccccc4C3=O)c2C#N)C1. The van der Waals surface area contributed by atoms with Crippen LogP contribution in [0.25, 0.3) is 0 Å². The van der Waals surface area contributed by atoms with Crippen LogP contribution in [0.2, 0.25) is 0 Å². The van der Waals surface area contributed by atoms with Crippen molar-refractivity contribution in [3.05, 3.63) is 51.4 Å². The smallest absolute Gasteiger partial charge is 0.262 e. The highest BCUT2D eigenvalue weighted by atomic mass is 32.1. The maximum atomic E-state index is 12.5. The number of carbonyl (C=O) groups is 3. The molecular weight excluding hydrogens is 376 g/mol. The van der Waals surface area contributed by atoms with E-state index >= 15 is 0 Å². The van der Waals surface area contributed by atoms with Gasteiger partial charge in [-0.05, 0) is 30.7 Å². The molecule has 0 saturated carbocycles. The zero-order valence-electron chi connectivity index (χ0n) is 15.3. The highest BCUT2D eigenvalue weighted by molar-refractivity contribution is 7.16. The second-order valence-electron chi connectivity index (χ2n) is 6.73. The molecule has 8 heteroatoms. The molecule has 2 aromatic rings. The van der Waals surface area contributed by atoms with Crippen molar-refractivity contribution in [3.63, 3.8) is 0 Å². The average Bonchev–Trinajstić information content (AvgIpc) is 3.17. The minimum atomic E-state index is -0.489. The van der Waals surface area contributed by atoms with Gasteiger partial charge in [-0.3, -0.25) is 24.2 Å². The second-order valence-corrected chi connectivity index (χ2v) is 7.83. The fourth-order valence-electron chi connectivity index (χ4n) is 3.63. The summed E-state index contributed by atoms with van der Waals surface area (Å²) in [5.74, 6) is -1.43. The van der Waals surface area contributed by atoms with Crippen LogP contribution >= 0.6 is 11.3 Å². The Bertz CT molecular complexity index is 1000. The summed E-state index contributed by atoms with van der Waals surface area (Å²) in [7, 11) is 0. The maximum absolute atomic E-state index is 12.5. The van der Waals surface area contributed by atoms with Crippen molar-refractivity contribution in [2.75, 3.05) is 25.0 Å². The summed E-state index contributed by atoms with van der Waals surface area (Å²) in [6.07, 6.45) is 0.775. The molecule has 3 heterocycles. The zero-order chi connectivity index (χ0) is 19.8. The first kappa shape index (κ1) is 18.3. The number of hydrogen-bond donors (Lipinski definition) is 1. The number of benzene rings is 1. The topological polar surface area (TPSA) is 93.5 Å². The largest absolute Gasteiger partial charge is 0.315 e. The van der Waals surface area contributed by atoms with Gasteiger partial charge in [0.25, 0.3) is 11.8 Å². The Morgan fingerprint density at radius 3 is 2.54 bits per heavy atom. The van der Waals surface area contributed by atoms with Gasteiger partial charge in [0.2, 0.25) is 5.91 Å². The Hall–Kier alpha value is -3.02. The Labute approximate surface area is 166 Å². The van der Waals surface area contributed by atoms with E-state index in [1.54, 1.807) is 24.3 Å². The fraction of sp³-hybridized carbons (Fsp3) is 0.300. The van der Waals surface area contributed by atoms with Crippen molar-refractivity contribution < 1.29 is 14.4 Å². The molecule has 28 heavy (non-hydrogen) atoms. The van der Waals surface area contributed by atoms with Gasteiger partial charge in [0.1, 0.15) is 17.6 Å². The lowest BCUT2D eigenvalue weighted by Crippen LogP contribution is -2.37. The van der Waals surface area contributed by atoms with Crippen LogP contribution in [-0.4, -0.2) is 47.2 Å². The van der Waals surface area contributed by atoms with Gasteiger partial charge in [0.05, 0.1) is 16.7 Å². The van der Waals surface area contributed by atoms with Gasteiger partial charge < -0.3 is 5.32 Å². The van der Waals surface area contributed by atoms with E-state index in [0.717, 1.165) is 41.4 Å². The molecule has 0 atom stereocenters. The first-order valence-electron chi connectivity index (χ1n) is 9.05. The third kappa shape index (κ3) is 2.99. The van der Waals surface area contributed by atoms with Crippen LogP contribution in [0.3, 0.4) is 0 Å². The van der Waals surface area contributed by atoms with E-state index in [1.807, 2.05) is 0 Å². The summed E-state index contributed by atoms with van der Waals surface area (Å²) in [6, 6.07) is 8.72. The number of fused-ring (bicyclic) bond motifs is 2. The Balaban J connectivity index is 1.51. The van der Waals surface area contributed by atoms with Crippen LogP contribution in [-0.2, 0) is 17.8 Å². The maximum Gasteiger partial charge on any atom is 0.262 e. The number of amides is 3. The van der Waals surface area contributed by atoms with Crippen molar-refractivity contribution in [1.29, 1.82) is 5.26 Å². The predicted octanol–water partition coefficient (Wildman–Crippen LogP) is 2.23. The van der Waals surface area contributed by atoms with Crippen LogP contribution in [0.4, 0.5) is 5.00 Å². The minimum absolute atomic E-state index is 0.309. The summed E-state index contributed by atoms with van der Waals surface area (Å²) in [5.41, 5.74) is 2.10. The highest BCUT2D eigenvalue weighted by Gasteiger charge is 2.36. The van der Waals surface area contributed by atoms with Gasteiger partial charge in [0.15, 0.2) is 0 Å². The van der Waals surface area contributed by atoms with Gasteiger partial charge in [-0.25, -0.2) is 0 Å². The van der Waals surface area contributed by atoms with Crippen molar-refractivity contribution in [2.45, 2.75) is 19.9 Å². The molecule has 0 unspecified atom stereocenters. The number of nitrogens with one attached hydrogen (secondary N) is 1. The average molecular weight is 394 g/mol. The molecule has 1 N–H and O–H groups in total. The van der Waals surface area contributed by atoms with E-state index in [1.165, 1.54) is 11.3 Å². The Morgan fingerprint density at radius 2 is 1.93 bits per heavy atom. The molecule has 0 saturated heterocycles. The van der Waals surface area contributed by atoms with Crippen molar-refractivity contribution in [3.8, 4) is 6.07 Å². The van der Waals surface area contributed by atoms with Gasteiger partial charge in [-0.1, -0.05) is 19.1 Å². The van der Waals surface area contributed by atoms with Gasteiger partial charge in [-0.15, -0.1) is 11.3 Å². The van der Waals surface area contributed by atoms with Crippen LogP contribution < -0.4 is 5.32 Å². The molecule has 0 aliphatic carbocycles. The van der Waals surface area contributed by atoms with Crippen LogP contribution in [0, 0.1) is 11.3 Å². The third-order valence-electron chi connectivity index (χ3n) is 5.13. The number of anilines is 1. The van der Waals surface area contributed by atoms with Gasteiger partial charge in [-0.2, -0.15) is 5.26 Å². The summed E-state index contributed by atoms with van der Waals surface area (Å²) < 4.78 is 0. The molecule has 3 amide bonds. The summed E-state index contributed by atoms with van der Waals surface area (Å²) in [6.45, 7) is 4.30. The molecule has 1 aromatic heterocycles. The van der Waals surface area contributed by atoms with Crippen molar-refractivity contribution in [2.24, 2.45) is 0 Å². The first-order chi connectivity index (χ1) is 13.5. The van der Waals surface area contributed by atoms with E-state index in [2.05, 4.69) is 23.2 Å². The van der Waals surface area contributed by atoms with Crippen LogP contribution in [0.1, 0.15) is 43.6 Å². The molecule has 2 aliphatic rings. The highest BCUT2D eigenvalue weighted by Crippen LogP contribution is 2.36. The van der Waals surface area contributed by atoms with Crippen LogP contribution in [0.5, 0.6) is 0 Å². The second kappa shape index (κ2) is 7.19. The quantitative estimate of drug-likeness (QED) is 0.803.